The zero-order valence-electron chi connectivity index (χ0n) is 11.9. The highest BCUT2D eigenvalue weighted by Crippen LogP contribution is 2.25. The number of aromatic nitrogens is 1. The van der Waals surface area contributed by atoms with Crippen LogP contribution >= 0.6 is 11.6 Å². The quantitative estimate of drug-likeness (QED) is 0.943. The van der Waals surface area contributed by atoms with Crippen molar-refractivity contribution in [1.82, 2.24) is 9.47 Å². The van der Waals surface area contributed by atoms with Gasteiger partial charge < -0.3 is 15.2 Å². The number of carbonyl (C=O) groups excluding carboxylic acids is 2. The van der Waals surface area contributed by atoms with Crippen LogP contribution in [-0.2, 0) is 4.79 Å². The van der Waals surface area contributed by atoms with Crippen molar-refractivity contribution in [3.05, 3.63) is 53.3 Å². The fourth-order valence-electron chi connectivity index (χ4n) is 2.80. The maximum Gasteiger partial charge on any atom is 0.256 e. The summed E-state index contributed by atoms with van der Waals surface area (Å²) < 4.78 is 1.89. The second-order valence-corrected chi connectivity index (χ2v) is 5.72. The molecule has 1 unspecified atom stereocenters. The number of amides is 2. The van der Waals surface area contributed by atoms with E-state index in [1.165, 1.54) is 4.90 Å². The largest absolute Gasteiger partial charge is 0.368 e. The van der Waals surface area contributed by atoms with Crippen LogP contribution in [0, 0.1) is 0 Å². The average Bonchev–Trinajstić information content (AvgIpc) is 3.18. The molecule has 22 heavy (non-hydrogen) atoms. The van der Waals surface area contributed by atoms with Crippen LogP contribution in [0.1, 0.15) is 23.2 Å². The minimum absolute atomic E-state index is 0.250. The molecular formula is C16H16ClN3O2. The molecule has 2 N–H and O–H groups in total. The molecule has 0 radical (unpaired) electrons. The van der Waals surface area contributed by atoms with Crippen molar-refractivity contribution in [1.29, 1.82) is 0 Å². The number of benzene rings is 1. The monoisotopic (exact) mass is 317 g/mol. The molecule has 2 amide bonds. The molecule has 1 aromatic carbocycles. The number of nitrogens with two attached hydrogens (primary N) is 1. The Morgan fingerprint density at radius 3 is 2.64 bits per heavy atom. The molecule has 2 aromatic rings. The predicted octanol–water partition coefficient (Wildman–Crippen LogP) is 2.22. The maximum atomic E-state index is 12.7. The summed E-state index contributed by atoms with van der Waals surface area (Å²) in [6, 6.07) is 8.54. The first-order chi connectivity index (χ1) is 10.6. The van der Waals surface area contributed by atoms with E-state index in [2.05, 4.69) is 0 Å². The molecule has 3 rings (SSSR count). The SMILES string of the molecule is NC(=O)C1CCCN1C(=O)c1cc(-n2cccc2)ccc1Cl. The molecule has 0 bridgehead atoms. The Morgan fingerprint density at radius 1 is 1.23 bits per heavy atom. The topological polar surface area (TPSA) is 68.3 Å². The van der Waals surface area contributed by atoms with E-state index < -0.39 is 11.9 Å². The molecule has 1 aromatic heterocycles. The predicted molar refractivity (Wildman–Crippen MR) is 84.0 cm³/mol. The Morgan fingerprint density at radius 2 is 1.95 bits per heavy atom. The zero-order chi connectivity index (χ0) is 15.7. The standard InChI is InChI=1S/C16H16ClN3O2/c17-13-6-5-11(19-7-1-2-8-19)10-12(13)16(22)20-9-3-4-14(20)15(18)21/h1-2,5-8,10,14H,3-4,9H2,(H2,18,21). The third kappa shape index (κ3) is 2.60. The Hall–Kier alpha value is -2.27. The van der Waals surface area contributed by atoms with Crippen molar-refractivity contribution in [2.24, 2.45) is 5.73 Å². The summed E-state index contributed by atoms with van der Waals surface area (Å²) in [5.41, 5.74) is 6.61. The number of primary amides is 1. The van der Waals surface area contributed by atoms with Crippen molar-refractivity contribution in [3.8, 4) is 5.69 Å². The summed E-state index contributed by atoms with van der Waals surface area (Å²) >= 11 is 6.19. The third-order valence-electron chi connectivity index (χ3n) is 3.93. The summed E-state index contributed by atoms with van der Waals surface area (Å²) in [4.78, 5) is 25.7. The number of rotatable bonds is 3. The average molecular weight is 318 g/mol. The van der Waals surface area contributed by atoms with Crippen LogP contribution in [0.2, 0.25) is 5.02 Å². The molecule has 2 heterocycles. The lowest BCUT2D eigenvalue weighted by molar-refractivity contribution is -0.121. The van der Waals surface area contributed by atoms with Crippen LogP contribution in [0.4, 0.5) is 0 Å². The van der Waals surface area contributed by atoms with Gasteiger partial charge in [0.1, 0.15) is 6.04 Å². The molecule has 5 nitrogen and oxygen atoms in total. The summed E-state index contributed by atoms with van der Waals surface area (Å²) in [6.07, 6.45) is 5.16. The van der Waals surface area contributed by atoms with Crippen molar-refractivity contribution in [2.45, 2.75) is 18.9 Å². The van der Waals surface area contributed by atoms with Gasteiger partial charge in [-0.1, -0.05) is 11.6 Å². The van der Waals surface area contributed by atoms with Gasteiger partial charge in [0.15, 0.2) is 0 Å². The number of halogens is 1. The van der Waals surface area contributed by atoms with Crippen molar-refractivity contribution in [2.75, 3.05) is 6.54 Å². The number of likely N-dealkylation sites (tertiary alicyclic amines) is 1. The van der Waals surface area contributed by atoms with E-state index in [9.17, 15) is 9.59 Å². The van der Waals surface area contributed by atoms with E-state index in [1.807, 2.05) is 35.2 Å². The van der Waals surface area contributed by atoms with Crippen LogP contribution in [0.3, 0.4) is 0 Å². The van der Waals surface area contributed by atoms with E-state index in [4.69, 9.17) is 17.3 Å². The van der Waals surface area contributed by atoms with E-state index >= 15 is 0 Å². The third-order valence-corrected chi connectivity index (χ3v) is 4.25. The highest BCUT2D eigenvalue weighted by atomic mass is 35.5. The molecule has 1 aliphatic heterocycles. The number of hydrogen-bond donors (Lipinski definition) is 1. The second kappa shape index (κ2) is 5.85. The van der Waals surface area contributed by atoms with E-state index in [1.54, 1.807) is 12.1 Å². The zero-order valence-corrected chi connectivity index (χ0v) is 12.7. The minimum Gasteiger partial charge on any atom is -0.368 e. The maximum absolute atomic E-state index is 12.7. The molecule has 114 valence electrons. The summed E-state index contributed by atoms with van der Waals surface area (Å²) in [5.74, 6) is -0.719. The lowest BCUT2D eigenvalue weighted by atomic mass is 10.1. The lowest BCUT2D eigenvalue weighted by Crippen LogP contribution is -2.43. The minimum atomic E-state index is -0.543. The van der Waals surface area contributed by atoms with Gasteiger partial charge in [0.25, 0.3) is 5.91 Å². The number of carbonyl (C=O) groups is 2. The van der Waals surface area contributed by atoms with Gasteiger partial charge in [0.2, 0.25) is 5.91 Å². The van der Waals surface area contributed by atoms with Crippen molar-refractivity contribution < 1.29 is 9.59 Å². The second-order valence-electron chi connectivity index (χ2n) is 5.31. The molecule has 1 atom stereocenters. The van der Waals surface area contributed by atoms with Gasteiger partial charge in [-0.15, -0.1) is 0 Å². The highest BCUT2D eigenvalue weighted by molar-refractivity contribution is 6.34. The summed E-state index contributed by atoms with van der Waals surface area (Å²) in [5, 5.41) is 0.371. The van der Waals surface area contributed by atoms with Gasteiger partial charge in [0, 0.05) is 24.6 Å². The highest BCUT2D eigenvalue weighted by Gasteiger charge is 2.33. The van der Waals surface area contributed by atoms with E-state index in [0.29, 0.717) is 23.6 Å². The Kier molecular flexibility index (Phi) is 3.90. The fourth-order valence-corrected chi connectivity index (χ4v) is 3.00. The molecule has 1 saturated heterocycles. The van der Waals surface area contributed by atoms with Crippen molar-refractivity contribution in [3.63, 3.8) is 0 Å². The molecule has 1 aliphatic rings. The van der Waals surface area contributed by atoms with Gasteiger partial charge in [-0.05, 0) is 43.2 Å². The molecule has 1 fully saturated rings. The van der Waals surface area contributed by atoms with E-state index in [0.717, 1.165) is 12.1 Å². The van der Waals surface area contributed by atoms with Crippen molar-refractivity contribution >= 4 is 23.4 Å². The summed E-state index contributed by atoms with van der Waals surface area (Å²) in [6.45, 7) is 0.524. The molecule has 0 spiro atoms. The Labute approximate surface area is 133 Å². The van der Waals surface area contributed by atoms with Gasteiger partial charge in [-0.25, -0.2) is 0 Å². The van der Waals surface area contributed by atoms with Crippen LogP contribution in [0.15, 0.2) is 42.7 Å². The first-order valence-electron chi connectivity index (χ1n) is 7.11. The smallest absolute Gasteiger partial charge is 0.256 e. The molecule has 6 heteroatoms. The first-order valence-corrected chi connectivity index (χ1v) is 7.49. The van der Waals surface area contributed by atoms with Gasteiger partial charge in [0.05, 0.1) is 10.6 Å². The number of nitrogens with zero attached hydrogens (tertiary/aromatic N) is 2. The normalized spacial score (nSPS) is 17.7. The fraction of sp³-hybridized carbons (Fsp3) is 0.250. The molecular weight excluding hydrogens is 302 g/mol. The van der Waals surface area contributed by atoms with Gasteiger partial charge in [-0.2, -0.15) is 0 Å². The summed E-state index contributed by atoms with van der Waals surface area (Å²) in [7, 11) is 0. The number of hydrogen-bond acceptors (Lipinski definition) is 2. The van der Waals surface area contributed by atoms with E-state index in [-0.39, 0.29) is 5.91 Å². The van der Waals surface area contributed by atoms with Crippen LogP contribution in [-0.4, -0.2) is 33.9 Å². The Bertz CT molecular complexity index is 712. The van der Waals surface area contributed by atoms with Crippen LogP contribution in [0.5, 0.6) is 0 Å². The van der Waals surface area contributed by atoms with Gasteiger partial charge >= 0.3 is 0 Å². The Balaban J connectivity index is 1.95. The van der Waals surface area contributed by atoms with Crippen LogP contribution in [0.25, 0.3) is 5.69 Å². The van der Waals surface area contributed by atoms with Crippen LogP contribution < -0.4 is 5.73 Å². The van der Waals surface area contributed by atoms with Gasteiger partial charge in [-0.3, -0.25) is 9.59 Å². The molecule has 0 aliphatic carbocycles. The first kappa shape index (κ1) is 14.7. The lowest BCUT2D eigenvalue weighted by Gasteiger charge is -2.23. The molecule has 0 saturated carbocycles.